The average molecular weight is 396 g/mol. The highest BCUT2D eigenvalue weighted by atomic mass is 32.3. The van der Waals surface area contributed by atoms with E-state index in [0.717, 1.165) is 28.1 Å². The number of alkyl halides is 3. The molecule has 1 saturated heterocycles. The number of nitrogens with one attached hydrogen (secondary N) is 1. The Labute approximate surface area is 154 Å². The molecule has 2 unspecified atom stereocenters. The zero-order valence-corrected chi connectivity index (χ0v) is 14.8. The molecule has 27 heavy (non-hydrogen) atoms. The molecule has 1 amide bonds. The average Bonchev–Trinajstić information content (AvgIpc) is 3.19. The number of fused-ring (bicyclic) bond motifs is 2. The van der Waals surface area contributed by atoms with Gasteiger partial charge in [0.25, 0.3) is 0 Å². The number of benzene rings is 2. The molecule has 2 aromatic carbocycles. The van der Waals surface area contributed by atoms with E-state index in [1.54, 1.807) is 24.3 Å². The molecule has 0 saturated carbocycles. The lowest BCUT2D eigenvalue weighted by atomic mass is 9.81. The minimum absolute atomic E-state index is 0.0559. The largest absolute Gasteiger partial charge is 0.593 e. The van der Waals surface area contributed by atoms with Crippen molar-refractivity contribution in [3.05, 3.63) is 59.7 Å². The van der Waals surface area contributed by atoms with Crippen molar-refractivity contribution < 1.29 is 26.7 Å². The molecule has 0 aliphatic carbocycles. The third-order valence-electron chi connectivity index (χ3n) is 5.16. The second kappa shape index (κ2) is 5.88. The number of nitrogens with zero attached hydrogens (tertiary/aromatic N) is 1. The van der Waals surface area contributed by atoms with Crippen molar-refractivity contribution in [3.63, 3.8) is 0 Å². The quantitative estimate of drug-likeness (QED) is 0.793. The molecule has 5 nitrogen and oxygen atoms in total. The Bertz CT molecular complexity index is 978. The molecule has 2 atom stereocenters. The molecular formula is C18H15F3N2O3S. The van der Waals surface area contributed by atoms with Gasteiger partial charge in [-0.05, 0) is 30.2 Å². The first kappa shape index (κ1) is 18.1. The van der Waals surface area contributed by atoms with Crippen molar-refractivity contribution >= 4 is 22.0 Å². The number of rotatable bonds is 2. The third-order valence-corrected chi connectivity index (χ3v) is 7.00. The number of anilines is 1. The molecule has 9 heteroatoms. The molecule has 1 spiro atoms. The highest BCUT2D eigenvalue weighted by Crippen LogP contribution is 2.46. The predicted molar refractivity (Wildman–Crippen MR) is 91.5 cm³/mol. The van der Waals surface area contributed by atoms with Gasteiger partial charge in [0, 0.05) is 18.3 Å². The van der Waals surface area contributed by atoms with Gasteiger partial charge in [0.1, 0.15) is 0 Å². The van der Waals surface area contributed by atoms with Gasteiger partial charge in [-0.3, -0.25) is 4.79 Å². The van der Waals surface area contributed by atoms with E-state index in [4.69, 9.17) is 0 Å². The number of hydrogen-bond acceptors (Lipinski definition) is 3. The molecule has 2 heterocycles. The standard InChI is InChI=1S/C18H15F3N2O3S/c19-18(20,21)12-4-3-5-13(10-12)27(25,26)23-9-8-17(11-23)14-6-1-2-7-15(14)22-16(17)24/h1-7,10H,8-9,11H2,(H-,22,24,25,26). The topological polar surface area (TPSA) is 72.5 Å². The molecule has 2 aromatic rings. The number of hydrogen-bond donors (Lipinski definition) is 1. The smallest absolute Gasteiger partial charge is 0.416 e. The van der Waals surface area contributed by atoms with Gasteiger partial charge in [-0.1, -0.05) is 28.5 Å². The van der Waals surface area contributed by atoms with E-state index in [9.17, 15) is 26.7 Å². The Morgan fingerprint density at radius 2 is 1.89 bits per heavy atom. The molecule has 1 fully saturated rings. The Hall–Kier alpha value is -2.23. The second-order valence-corrected chi connectivity index (χ2v) is 8.63. The number of carbonyl (C=O) groups excluding carboxylic acids is 1. The van der Waals surface area contributed by atoms with E-state index in [1.165, 1.54) is 0 Å². The molecule has 0 radical (unpaired) electrons. The molecule has 2 aliphatic rings. The molecule has 0 bridgehead atoms. The van der Waals surface area contributed by atoms with Gasteiger partial charge in [0.2, 0.25) is 5.91 Å². The van der Waals surface area contributed by atoms with Gasteiger partial charge >= 0.3 is 6.18 Å². The van der Waals surface area contributed by atoms with E-state index in [0.29, 0.717) is 11.8 Å². The van der Waals surface area contributed by atoms with Crippen LogP contribution >= 0.6 is 0 Å². The van der Waals surface area contributed by atoms with Crippen molar-refractivity contribution in [1.29, 1.82) is 0 Å². The van der Waals surface area contributed by atoms with Gasteiger partial charge in [0.05, 0.1) is 17.5 Å². The molecule has 1 N–H and O–H groups in total. The van der Waals surface area contributed by atoms with Crippen LogP contribution in [0.1, 0.15) is 17.5 Å². The zero-order valence-electron chi connectivity index (χ0n) is 14.0. The molecule has 142 valence electrons. The maximum absolute atomic E-state index is 12.9. The minimum Gasteiger partial charge on any atom is -0.593 e. The summed E-state index contributed by atoms with van der Waals surface area (Å²) in [6, 6.07) is 10.7. The first-order valence-corrected chi connectivity index (χ1v) is 9.67. The number of para-hydroxylation sites is 1. The zero-order chi connectivity index (χ0) is 19.4. The van der Waals surface area contributed by atoms with E-state index >= 15 is 0 Å². The minimum atomic E-state index is -4.64. The molecule has 0 aromatic heterocycles. The fraction of sp³-hybridized carbons (Fsp3) is 0.278. The van der Waals surface area contributed by atoms with Crippen LogP contribution in [-0.4, -0.2) is 27.9 Å². The third kappa shape index (κ3) is 2.77. The normalized spacial score (nSPS) is 24.7. The second-order valence-electron chi connectivity index (χ2n) is 6.70. The summed E-state index contributed by atoms with van der Waals surface area (Å²) in [7, 11) is -4.16. The highest BCUT2D eigenvalue weighted by molar-refractivity contribution is 7.95. The van der Waals surface area contributed by atoms with Crippen LogP contribution in [0.2, 0.25) is 0 Å². The van der Waals surface area contributed by atoms with Crippen molar-refractivity contribution in [2.24, 2.45) is 0 Å². The van der Waals surface area contributed by atoms with Crippen LogP contribution in [0, 0.1) is 0 Å². The van der Waals surface area contributed by atoms with E-state index in [2.05, 4.69) is 5.32 Å². The Balaban J connectivity index is 1.68. The van der Waals surface area contributed by atoms with E-state index < -0.39 is 32.4 Å². The van der Waals surface area contributed by atoms with E-state index in [1.807, 2.05) is 0 Å². The summed E-state index contributed by atoms with van der Waals surface area (Å²) in [5.74, 6) is -0.287. The lowest BCUT2D eigenvalue weighted by Gasteiger charge is -2.26. The summed E-state index contributed by atoms with van der Waals surface area (Å²) in [5.41, 5.74) is -0.676. The van der Waals surface area contributed by atoms with Crippen molar-refractivity contribution in [2.45, 2.75) is 22.9 Å². The summed E-state index contributed by atoms with van der Waals surface area (Å²) in [4.78, 5) is 12.1. The van der Waals surface area contributed by atoms with Gasteiger partial charge in [0.15, 0.2) is 15.3 Å². The lowest BCUT2D eigenvalue weighted by Crippen LogP contribution is -2.41. The monoisotopic (exact) mass is 396 g/mol. The van der Waals surface area contributed by atoms with Crippen LogP contribution < -0.4 is 5.32 Å². The van der Waals surface area contributed by atoms with Crippen LogP contribution in [0.15, 0.2) is 53.4 Å². The van der Waals surface area contributed by atoms with Gasteiger partial charge in [-0.2, -0.15) is 13.2 Å². The summed E-state index contributed by atoms with van der Waals surface area (Å²) < 4.78 is 65.7. The number of carbonyl (C=O) groups is 1. The Kier molecular flexibility index (Phi) is 3.95. The van der Waals surface area contributed by atoms with Gasteiger partial charge in [-0.25, -0.2) is 0 Å². The molecular weight excluding hydrogens is 381 g/mol. The summed E-state index contributed by atoms with van der Waals surface area (Å²) in [5, 5.41) is 2.76. The SMILES string of the molecule is O=C1Nc2ccccc2C12CCN([S+](=O)([O-])c1cccc(C(F)(F)F)c1)C2. The van der Waals surface area contributed by atoms with Crippen molar-refractivity contribution in [2.75, 3.05) is 18.4 Å². The van der Waals surface area contributed by atoms with E-state index in [-0.39, 0.29) is 25.4 Å². The highest BCUT2D eigenvalue weighted by Gasteiger charge is 2.55. The fourth-order valence-electron chi connectivity index (χ4n) is 3.74. The van der Waals surface area contributed by atoms with Gasteiger partial charge < -0.3 is 9.87 Å². The lowest BCUT2D eigenvalue weighted by molar-refractivity contribution is -0.137. The number of halogens is 3. The summed E-state index contributed by atoms with van der Waals surface area (Å²) >= 11 is 0. The number of amides is 1. The Morgan fingerprint density at radius 1 is 1.15 bits per heavy atom. The predicted octanol–water partition coefficient (Wildman–Crippen LogP) is 3.21. The van der Waals surface area contributed by atoms with Crippen molar-refractivity contribution in [1.82, 2.24) is 4.31 Å². The molecule has 4 rings (SSSR count). The summed E-state index contributed by atoms with van der Waals surface area (Å²) in [6.45, 7) is -0.0469. The fourth-order valence-corrected chi connectivity index (χ4v) is 5.29. The van der Waals surface area contributed by atoms with Gasteiger partial charge in [-0.15, -0.1) is 4.31 Å². The first-order valence-electron chi connectivity index (χ1n) is 8.23. The summed E-state index contributed by atoms with van der Waals surface area (Å²) in [6.07, 6.45) is -4.37. The van der Waals surface area contributed by atoms with Crippen molar-refractivity contribution in [3.8, 4) is 0 Å². The van der Waals surface area contributed by atoms with Crippen LogP contribution in [0.25, 0.3) is 0 Å². The maximum atomic E-state index is 12.9. The number of sulfonamides is 1. The van der Waals surface area contributed by atoms with Crippen LogP contribution in [0.5, 0.6) is 0 Å². The van der Waals surface area contributed by atoms with Crippen LogP contribution in [-0.2, 0) is 31.0 Å². The van der Waals surface area contributed by atoms with Crippen LogP contribution in [0.3, 0.4) is 0 Å². The Morgan fingerprint density at radius 3 is 2.63 bits per heavy atom. The maximum Gasteiger partial charge on any atom is 0.416 e. The first-order chi connectivity index (χ1) is 12.6. The van der Waals surface area contributed by atoms with Crippen LogP contribution in [0.4, 0.5) is 18.9 Å². The molecule has 2 aliphatic heterocycles.